The van der Waals surface area contributed by atoms with E-state index in [0.717, 1.165) is 6.42 Å². The lowest BCUT2D eigenvalue weighted by molar-refractivity contribution is -0.186. The van der Waals surface area contributed by atoms with E-state index < -0.39 is 12.1 Å². The van der Waals surface area contributed by atoms with Crippen LogP contribution in [0.3, 0.4) is 0 Å². The van der Waals surface area contributed by atoms with Crippen molar-refractivity contribution in [1.29, 1.82) is 0 Å². The second-order valence-electron chi connectivity index (χ2n) is 5.93. The fourth-order valence-electron chi connectivity index (χ4n) is 3.26. The van der Waals surface area contributed by atoms with Crippen LogP contribution in [0.1, 0.15) is 25.7 Å². The van der Waals surface area contributed by atoms with Crippen LogP contribution in [0.5, 0.6) is 0 Å². The Morgan fingerprint density at radius 2 is 2.13 bits per heavy atom. The molecule has 2 atom stereocenters. The lowest BCUT2D eigenvalue weighted by Crippen LogP contribution is -2.30. The van der Waals surface area contributed by atoms with Gasteiger partial charge in [-0.3, -0.25) is 0 Å². The first-order chi connectivity index (χ1) is 10.9. The van der Waals surface area contributed by atoms with Crippen LogP contribution in [-0.2, 0) is 6.54 Å². The van der Waals surface area contributed by atoms with Gasteiger partial charge in [0.15, 0.2) is 17.0 Å². The van der Waals surface area contributed by atoms with E-state index in [1.54, 1.807) is 17.9 Å². The molecule has 2 aromatic heterocycles. The van der Waals surface area contributed by atoms with Crippen molar-refractivity contribution < 1.29 is 13.2 Å². The van der Waals surface area contributed by atoms with Crippen molar-refractivity contribution in [3.05, 3.63) is 11.6 Å². The number of imidazole rings is 1. The van der Waals surface area contributed by atoms with E-state index in [1.807, 2.05) is 0 Å². The highest BCUT2D eigenvalue weighted by Crippen LogP contribution is 2.40. The lowest BCUT2D eigenvalue weighted by atomic mass is 9.81. The molecule has 0 spiro atoms. The molecule has 0 bridgehead atoms. The Bertz CT molecular complexity index is 700. The highest BCUT2D eigenvalue weighted by Gasteiger charge is 2.42. The minimum absolute atomic E-state index is 0.0421. The van der Waals surface area contributed by atoms with Crippen molar-refractivity contribution in [1.82, 2.24) is 19.5 Å². The molecule has 0 saturated heterocycles. The maximum Gasteiger partial charge on any atom is 0.391 e. The molecule has 0 aliphatic heterocycles. The van der Waals surface area contributed by atoms with Gasteiger partial charge in [-0.2, -0.15) is 23.1 Å². The normalized spacial score (nSPS) is 22.5. The van der Waals surface area contributed by atoms with E-state index >= 15 is 0 Å². The van der Waals surface area contributed by atoms with Crippen molar-refractivity contribution in [3.8, 4) is 0 Å². The molecule has 1 aliphatic carbocycles. The van der Waals surface area contributed by atoms with Gasteiger partial charge in [-0.25, -0.2) is 4.98 Å². The molecule has 1 fully saturated rings. The fraction of sp³-hybridized carbons (Fsp3) is 0.643. The van der Waals surface area contributed by atoms with Gasteiger partial charge in [0.25, 0.3) is 0 Å². The minimum atomic E-state index is -4.11. The molecule has 2 aromatic rings. The van der Waals surface area contributed by atoms with Crippen LogP contribution in [0.4, 0.5) is 19.0 Å². The number of nitrogens with zero attached hydrogens (tertiary/aromatic N) is 4. The van der Waals surface area contributed by atoms with Gasteiger partial charge in [0.2, 0.25) is 5.28 Å². The lowest BCUT2D eigenvalue weighted by Gasteiger charge is -2.30. The number of alkyl halides is 3. The predicted molar refractivity (Wildman–Crippen MR) is 81.4 cm³/mol. The van der Waals surface area contributed by atoms with Crippen LogP contribution in [0.2, 0.25) is 5.28 Å². The van der Waals surface area contributed by atoms with Gasteiger partial charge < -0.3 is 9.88 Å². The standard InChI is InChI=1S/C14H17ClF3N5/c1-19-11-10-12(22-13(15)21-11)23(7-20-10)6-8-3-2-4-9(5-8)14(16,17)18/h7-9H,2-6H2,1H3,(H,19,21,22). The summed E-state index contributed by atoms with van der Waals surface area (Å²) in [6, 6.07) is 0. The van der Waals surface area contributed by atoms with E-state index in [0.29, 0.717) is 29.9 Å². The summed E-state index contributed by atoms with van der Waals surface area (Å²) in [5.74, 6) is -0.739. The zero-order chi connectivity index (χ0) is 16.6. The second kappa shape index (κ2) is 6.14. The number of aromatic nitrogens is 4. The third kappa shape index (κ3) is 3.36. The fourth-order valence-corrected chi connectivity index (χ4v) is 3.42. The number of rotatable bonds is 3. The first-order valence-corrected chi connectivity index (χ1v) is 7.89. The molecule has 3 rings (SSSR count). The van der Waals surface area contributed by atoms with Gasteiger partial charge in [0.05, 0.1) is 12.2 Å². The van der Waals surface area contributed by atoms with E-state index in [9.17, 15) is 13.2 Å². The van der Waals surface area contributed by atoms with E-state index in [-0.39, 0.29) is 24.0 Å². The van der Waals surface area contributed by atoms with Crippen LogP contribution < -0.4 is 5.32 Å². The summed E-state index contributed by atoms with van der Waals surface area (Å²) in [4.78, 5) is 12.5. The van der Waals surface area contributed by atoms with E-state index in [2.05, 4.69) is 20.3 Å². The summed E-state index contributed by atoms with van der Waals surface area (Å²) in [6.07, 6.45) is -0.763. The Hall–Kier alpha value is -1.57. The number of hydrogen-bond acceptors (Lipinski definition) is 4. The Morgan fingerprint density at radius 3 is 2.83 bits per heavy atom. The third-order valence-corrected chi connectivity index (χ3v) is 4.54. The van der Waals surface area contributed by atoms with Gasteiger partial charge in [-0.15, -0.1) is 0 Å². The number of hydrogen-bond donors (Lipinski definition) is 1. The molecule has 2 heterocycles. The smallest absolute Gasteiger partial charge is 0.371 e. The Morgan fingerprint density at radius 1 is 1.35 bits per heavy atom. The van der Waals surface area contributed by atoms with Gasteiger partial charge in [0.1, 0.15) is 0 Å². The molecule has 0 amide bonds. The van der Waals surface area contributed by atoms with Crippen molar-refractivity contribution >= 4 is 28.6 Å². The summed E-state index contributed by atoms with van der Waals surface area (Å²) in [7, 11) is 1.70. The molecule has 1 aliphatic rings. The number of halogens is 4. The molecular formula is C14H17ClF3N5. The summed E-state index contributed by atoms with van der Waals surface area (Å²) in [5, 5.41) is 2.98. The molecule has 126 valence electrons. The molecular weight excluding hydrogens is 331 g/mol. The Labute approximate surface area is 136 Å². The molecule has 0 radical (unpaired) electrons. The first-order valence-electron chi connectivity index (χ1n) is 7.51. The largest absolute Gasteiger partial charge is 0.391 e. The van der Waals surface area contributed by atoms with Crippen LogP contribution >= 0.6 is 11.6 Å². The molecule has 1 saturated carbocycles. The molecule has 9 heteroatoms. The summed E-state index contributed by atoms with van der Waals surface area (Å²) < 4.78 is 40.6. The van der Waals surface area contributed by atoms with Crippen LogP contribution in [0, 0.1) is 11.8 Å². The summed E-state index contributed by atoms with van der Waals surface area (Å²) >= 11 is 5.91. The monoisotopic (exact) mass is 347 g/mol. The number of nitrogens with one attached hydrogen (secondary N) is 1. The number of anilines is 1. The highest BCUT2D eigenvalue weighted by atomic mass is 35.5. The Balaban J connectivity index is 1.83. The number of fused-ring (bicyclic) bond motifs is 1. The Kier molecular flexibility index (Phi) is 4.35. The minimum Gasteiger partial charge on any atom is -0.371 e. The predicted octanol–water partition coefficient (Wildman–Crippen LogP) is 3.89. The van der Waals surface area contributed by atoms with Gasteiger partial charge in [0, 0.05) is 13.6 Å². The molecule has 2 unspecified atom stereocenters. The molecule has 0 aromatic carbocycles. The van der Waals surface area contributed by atoms with E-state index in [4.69, 9.17) is 11.6 Å². The average Bonchev–Trinajstić information content (AvgIpc) is 2.89. The topological polar surface area (TPSA) is 55.6 Å². The highest BCUT2D eigenvalue weighted by molar-refractivity contribution is 6.28. The van der Waals surface area contributed by atoms with Crippen molar-refractivity contribution in [2.45, 2.75) is 38.4 Å². The van der Waals surface area contributed by atoms with Crippen LogP contribution in [0.15, 0.2) is 6.33 Å². The van der Waals surface area contributed by atoms with Gasteiger partial charge in [-0.05, 0) is 36.8 Å². The SMILES string of the molecule is CNc1nc(Cl)nc2c1ncn2CC1CCCC(C(F)(F)F)C1. The second-order valence-corrected chi connectivity index (χ2v) is 6.27. The van der Waals surface area contributed by atoms with Crippen LogP contribution in [0.25, 0.3) is 11.2 Å². The van der Waals surface area contributed by atoms with Gasteiger partial charge in [-0.1, -0.05) is 6.42 Å². The van der Waals surface area contributed by atoms with Crippen LogP contribution in [-0.4, -0.2) is 32.7 Å². The third-order valence-electron chi connectivity index (χ3n) is 4.37. The average molecular weight is 348 g/mol. The summed E-state index contributed by atoms with van der Waals surface area (Å²) in [5.41, 5.74) is 1.11. The maximum atomic E-state index is 12.9. The zero-order valence-electron chi connectivity index (χ0n) is 12.6. The molecule has 5 nitrogen and oxygen atoms in total. The molecule has 23 heavy (non-hydrogen) atoms. The van der Waals surface area contributed by atoms with Gasteiger partial charge >= 0.3 is 6.18 Å². The maximum absolute atomic E-state index is 12.9. The van der Waals surface area contributed by atoms with Crippen molar-refractivity contribution in [2.75, 3.05) is 12.4 Å². The molecule has 1 N–H and O–H groups in total. The summed E-state index contributed by atoms with van der Waals surface area (Å²) in [6.45, 7) is 0.458. The zero-order valence-corrected chi connectivity index (χ0v) is 13.3. The van der Waals surface area contributed by atoms with E-state index in [1.165, 1.54) is 0 Å². The first kappa shape index (κ1) is 16.3. The van der Waals surface area contributed by atoms with Crippen molar-refractivity contribution in [3.63, 3.8) is 0 Å². The van der Waals surface area contributed by atoms with Crippen molar-refractivity contribution in [2.24, 2.45) is 11.8 Å². The quantitative estimate of drug-likeness (QED) is 0.856.